The van der Waals surface area contributed by atoms with Crippen LogP contribution in [0, 0.1) is 11.6 Å². The highest BCUT2D eigenvalue weighted by Crippen LogP contribution is 2.30. The minimum absolute atomic E-state index is 0.0329. The summed E-state index contributed by atoms with van der Waals surface area (Å²) in [4.78, 5) is 25.1. The molecule has 1 aromatic carbocycles. The van der Waals surface area contributed by atoms with Crippen LogP contribution in [0.4, 0.5) is 14.6 Å². The fourth-order valence-corrected chi connectivity index (χ4v) is 2.22. The number of amides is 2. The Kier molecular flexibility index (Phi) is 2.80. The molecule has 0 unspecified atom stereocenters. The van der Waals surface area contributed by atoms with Gasteiger partial charge < -0.3 is 5.73 Å². The summed E-state index contributed by atoms with van der Waals surface area (Å²) in [5.41, 5.74) is 5.19. The van der Waals surface area contributed by atoms with Crippen LogP contribution >= 0.6 is 12.2 Å². The van der Waals surface area contributed by atoms with Crippen molar-refractivity contribution >= 4 is 34.8 Å². The Morgan fingerprint density at radius 3 is 2.19 bits per heavy atom. The van der Waals surface area contributed by atoms with Crippen LogP contribution in [0.2, 0.25) is 0 Å². The number of nitrogens with zero attached hydrogens (tertiary/aromatic N) is 2. The molecule has 2 aromatic rings. The number of imide groups is 1. The summed E-state index contributed by atoms with van der Waals surface area (Å²) in [5, 5.41) is 6.10. The van der Waals surface area contributed by atoms with E-state index in [0.29, 0.717) is 17.0 Å². The molecular formula is C12H6F2N4O2S. The second kappa shape index (κ2) is 4.42. The summed E-state index contributed by atoms with van der Waals surface area (Å²) < 4.78 is 26.5. The van der Waals surface area contributed by atoms with E-state index in [-0.39, 0.29) is 27.5 Å². The standard InChI is InChI=1S/C12H6F2N4O2S/c13-7-1-4-5(2-8(7)14)12(20)18(11(4)19)10-6(9(15)21)3-16-17-10/h1-3H,(H2,15,21)(H,16,17). The van der Waals surface area contributed by atoms with E-state index in [4.69, 9.17) is 18.0 Å². The van der Waals surface area contributed by atoms with Gasteiger partial charge in [0.05, 0.1) is 22.9 Å². The van der Waals surface area contributed by atoms with Gasteiger partial charge in [0.15, 0.2) is 11.6 Å². The molecule has 1 aromatic heterocycles. The van der Waals surface area contributed by atoms with E-state index in [1.54, 1.807) is 0 Å². The lowest BCUT2D eigenvalue weighted by Gasteiger charge is -2.12. The maximum Gasteiger partial charge on any atom is 0.267 e. The van der Waals surface area contributed by atoms with E-state index in [1.165, 1.54) is 6.20 Å². The van der Waals surface area contributed by atoms with Gasteiger partial charge in [-0.15, -0.1) is 0 Å². The van der Waals surface area contributed by atoms with Crippen molar-refractivity contribution in [3.63, 3.8) is 0 Å². The number of thiocarbonyl (C=S) groups is 1. The molecular weight excluding hydrogens is 302 g/mol. The number of fused-ring (bicyclic) bond motifs is 1. The van der Waals surface area contributed by atoms with Gasteiger partial charge in [0.1, 0.15) is 10.8 Å². The van der Waals surface area contributed by atoms with E-state index in [0.717, 1.165) is 0 Å². The molecule has 3 N–H and O–H groups in total. The zero-order valence-electron chi connectivity index (χ0n) is 10.2. The molecule has 0 saturated heterocycles. The Bertz CT molecular complexity index is 777. The summed E-state index contributed by atoms with van der Waals surface area (Å²) in [6, 6.07) is 1.36. The predicted molar refractivity (Wildman–Crippen MR) is 72.0 cm³/mol. The van der Waals surface area contributed by atoms with E-state index < -0.39 is 23.4 Å². The van der Waals surface area contributed by atoms with Gasteiger partial charge in [-0.2, -0.15) is 5.10 Å². The number of aromatic nitrogens is 2. The highest BCUT2D eigenvalue weighted by molar-refractivity contribution is 7.80. The van der Waals surface area contributed by atoms with Gasteiger partial charge in [-0.25, -0.2) is 13.7 Å². The Labute approximate surface area is 121 Å². The number of halogens is 2. The Morgan fingerprint density at radius 2 is 1.71 bits per heavy atom. The topological polar surface area (TPSA) is 92.1 Å². The number of rotatable bonds is 2. The van der Waals surface area contributed by atoms with E-state index in [9.17, 15) is 18.4 Å². The van der Waals surface area contributed by atoms with Crippen LogP contribution in [0.25, 0.3) is 0 Å². The number of H-pyrrole nitrogens is 1. The maximum atomic E-state index is 13.2. The Morgan fingerprint density at radius 1 is 1.19 bits per heavy atom. The van der Waals surface area contributed by atoms with Crippen LogP contribution in [0.15, 0.2) is 18.3 Å². The molecule has 0 spiro atoms. The molecule has 0 atom stereocenters. The predicted octanol–water partition coefficient (Wildman–Crippen LogP) is 1.12. The average Bonchev–Trinajstić information content (AvgIpc) is 2.97. The summed E-state index contributed by atoms with van der Waals surface area (Å²) >= 11 is 4.79. The van der Waals surface area contributed by atoms with Crippen LogP contribution in [0.1, 0.15) is 26.3 Å². The van der Waals surface area contributed by atoms with Crippen molar-refractivity contribution in [2.24, 2.45) is 5.73 Å². The third kappa shape index (κ3) is 1.82. The van der Waals surface area contributed by atoms with Crippen molar-refractivity contribution in [1.29, 1.82) is 0 Å². The first kappa shape index (κ1) is 13.3. The number of anilines is 1. The Balaban J connectivity index is 2.16. The highest BCUT2D eigenvalue weighted by atomic mass is 32.1. The van der Waals surface area contributed by atoms with Crippen LogP contribution in [0.3, 0.4) is 0 Å². The van der Waals surface area contributed by atoms with Gasteiger partial charge >= 0.3 is 0 Å². The summed E-state index contributed by atoms with van der Waals surface area (Å²) in [6.07, 6.45) is 1.25. The molecule has 9 heteroatoms. The number of hydrogen-bond donors (Lipinski definition) is 2. The molecule has 2 heterocycles. The number of carbonyl (C=O) groups excluding carboxylic acids is 2. The molecule has 2 amide bonds. The van der Waals surface area contributed by atoms with Crippen molar-refractivity contribution in [2.75, 3.05) is 4.90 Å². The summed E-state index contributed by atoms with van der Waals surface area (Å²) in [7, 11) is 0. The van der Waals surface area contributed by atoms with Gasteiger partial charge in [-0.3, -0.25) is 14.7 Å². The summed E-state index contributed by atoms with van der Waals surface area (Å²) in [6.45, 7) is 0. The smallest absolute Gasteiger partial charge is 0.267 e. The lowest BCUT2D eigenvalue weighted by Crippen LogP contribution is -2.31. The molecule has 0 radical (unpaired) electrons. The first-order valence-corrected chi connectivity index (χ1v) is 6.03. The third-order valence-electron chi connectivity index (χ3n) is 3.04. The zero-order chi connectivity index (χ0) is 15.3. The largest absolute Gasteiger partial charge is 0.389 e. The lowest BCUT2D eigenvalue weighted by atomic mass is 10.1. The van der Waals surface area contributed by atoms with Crippen molar-refractivity contribution in [3.8, 4) is 0 Å². The lowest BCUT2D eigenvalue weighted by molar-refractivity contribution is 0.0925. The van der Waals surface area contributed by atoms with E-state index >= 15 is 0 Å². The molecule has 0 saturated carbocycles. The number of benzene rings is 1. The Hall–Kier alpha value is -2.68. The van der Waals surface area contributed by atoms with Crippen LogP contribution in [-0.2, 0) is 0 Å². The molecule has 3 rings (SSSR count). The first-order valence-electron chi connectivity index (χ1n) is 5.63. The highest BCUT2D eigenvalue weighted by Gasteiger charge is 2.40. The van der Waals surface area contributed by atoms with E-state index in [2.05, 4.69) is 10.2 Å². The number of hydrogen-bond acceptors (Lipinski definition) is 4. The fraction of sp³-hybridized carbons (Fsp3) is 0. The molecule has 1 aliphatic heterocycles. The van der Waals surface area contributed by atoms with Crippen molar-refractivity contribution < 1.29 is 18.4 Å². The molecule has 0 fully saturated rings. The number of nitrogens with two attached hydrogens (primary N) is 1. The second-order valence-electron chi connectivity index (χ2n) is 4.25. The number of aromatic amines is 1. The zero-order valence-corrected chi connectivity index (χ0v) is 11.0. The second-order valence-corrected chi connectivity index (χ2v) is 4.69. The fourth-order valence-electron chi connectivity index (χ4n) is 2.07. The van der Waals surface area contributed by atoms with Gasteiger partial charge in [0, 0.05) is 0 Å². The normalized spacial score (nSPS) is 13.7. The van der Waals surface area contributed by atoms with Crippen molar-refractivity contribution in [2.45, 2.75) is 0 Å². The summed E-state index contributed by atoms with van der Waals surface area (Å²) in [5.74, 6) is -4.08. The molecule has 0 bridgehead atoms. The van der Waals surface area contributed by atoms with E-state index in [1.807, 2.05) is 0 Å². The van der Waals surface area contributed by atoms with Crippen molar-refractivity contribution in [3.05, 3.63) is 46.7 Å². The molecule has 1 aliphatic rings. The molecule has 21 heavy (non-hydrogen) atoms. The van der Waals surface area contributed by atoms with Gasteiger partial charge in [0.2, 0.25) is 0 Å². The van der Waals surface area contributed by atoms with Gasteiger partial charge in [0.25, 0.3) is 11.8 Å². The molecule has 6 nitrogen and oxygen atoms in total. The average molecular weight is 308 g/mol. The third-order valence-corrected chi connectivity index (χ3v) is 3.26. The maximum absolute atomic E-state index is 13.2. The molecule has 106 valence electrons. The van der Waals surface area contributed by atoms with Crippen LogP contribution < -0.4 is 10.6 Å². The number of nitrogens with one attached hydrogen (secondary N) is 1. The SMILES string of the molecule is NC(=S)c1cn[nH]c1N1C(=O)c2cc(F)c(F)cc2C1=O. The first-order chi connectivity index (χ1) is 9.91. The quantitative estimate of drug-likeness (QED) is 0.641. The minimum Gasteiger partial charge on any atom is -0.389 e. The number of carbonyl (C=O) groups is 2. The molecule has 0 aliphatic carbocycles. The van der Waals surface area contributed by atoms with Crippen molar-refractivity contribution in [1.82, 2.24) is 10.2 Å². The monoisotopic (exact) mass is 308 g/mol. The van der Waals surface area contributed by atoms with Gasteiger partial charge in [-0.1, -0.05) is 12.2 Å². The van der Waals surface area contributed by atoms with Gasteiger partial charge in [-0.05, 0) is 12.1 Å². The minimum atomic E-state index is -1.21. The van der Waals surface area contributed by atoms with Crippen LogP contribution in [0.5, 0.6) is 0 Å². The van der Waals surface area contributed by atoms with Crippen LogP contribution in [-0.4, -0.2) is 27.0 Å².